The van der Waals surface area contributed by atoms with Crippen molar-refractivity contribution < 1.29 is 29.0 Å². The number of hydrogen-bond acceptors (Lipinski definition) is 6. The summed E-state index contributed by atoms with van der Waals surface area (Å²) >= 11 is 10.3. The van der Waals surface area contributed by atoms with Crippen LogP contribution in [0, 0.1) is 11.8 Å². The Kier molecular flexibility index (Phi) is 10.4. The molecule has 3 fully saturated rings. The van der Waals surface area contributed by atoms with Gasteiger partial charge in [-0.05, 0) is 62.6 Å². The minimum absolute atomic E-state index is 0.0425. The smallest absolute Gasteiger partial charge is 0.253 e. The minimum atomic E-state index is -1.24. The second kappa shape index (κ2) is 14.1. The number of halogens is 2. The first-order valence-corrected chi connectivity index (χ1v) is 16.6. The van der Waals surface area contributed by atoms with Gasteiger partial charge in [-0.15, -0.1) is 13.2 Å². The molecule has 45 heavy (non-hydrogen) atoms. The number of aliphatic hydroxyl groups is 1. The number of para-hydroxylation sites is 1. The fraction of sp³-hybridized carbons (Fsp3) is 0.441. The molecule has 3 amide bonds. The van der Waals surface area contributed by atoms with Gasteiger partial charge in [-0.3, -0.25) is 14.4 Å². The van der Waals surface area contributed by atoms with Crippen LogP contribution >= 0.6 is 27.5 Å². The molecule has 3 heterocycles. The molecule has 1 spiro atoms. The predicted molar refractivity (Wildman–Crippen MR) is 178 cm³/mol. The SMILES string of the molecule is C=CCN(C(=O)[C@H]1[C@@H]2OC3(CC2Br)C(C(=O)N(CC=C)c2ccccc2Cl)N(CCCCO)C(=O)[C@H]13)c1ccc(OCC)cc1. The van der Waals surface area contributed by atoms with E-state index in [0.29, 0.717) is 48.0 Å². The Morgan fingerprint density at radius 1 is 1.11 bits per heavy atom. The van der Waals surface area contributed by atoms with Crippen molar-refractivity contribution >= 4 is 56.6 Å². The lowest BCUT2D eigenvalue weighted by Crippen LogP contribution is -2.57. The molecule has 240 valence electrons. The summed E-state index contributed by atoms with van der Waals surface area (Å²) in [6, 6.07) is 13.2. The van der Waals surface area contributed by atoms with E-state index in [4.69, 9.17) is 21.1 Å². The van der Waals surface area contributed by atoms with Crippen LogP contribution in [0.3, 0.4) is 0 Å². The first-order valence-electron chi connectivity index (χ1n) is 15.3. The summed E-state index contributed by atoms with van der Waals surface area (Å²) in [6.07, 6.45) is 3.95. The summed E-state index contributed by atoms with van der Waals surface area (Å²) in [4.78, 5) is 48.1. The van der Waals surface area contributed by atoms with Gasteiger partial charge in [0.2, 0.25) is 11.8 Å². The molecule has 0 saturated carbocycles. The van der Waals surface area contributed by atoms with Gasteiger partial charge in [-0.2, -0.15) is 0 Å². The highest BCUT2D eigenvalue weighted by atomic mass is 79.9. The maximum atomic E-state index is 14.7. The second-order valence-corrected chi connectivity index (χ2v) is 13.1. The van der Waals surface area contributed by atoms with Gasteiger partial charge in [-0.1, -0.05) is 51.8 Å². The molecule has 2 aromatic rings. The number of likely N-dealkylation sites (tertiary alicyclic amines) is 1. The van der Waals surface area contributed by atoms with Gasteiger partial charge in [0.1, 0.15) is 17.4 Å². The van der Waals surface area contributed by atoms with Crippen LogP contribution in [-0.2, 0) is 19.1 Å². The molecule has 5 rings (SSSR count). The molecule has 1 N–H and O–H groups in total. The highest BCUT2D eigenvalue weighted by Gasteiger charge is 2.77. The van der Waals surface area contributed by atoms with Gasteiger partial charge in [0.05, 0.1) is 35.3 Å². The zero-order valence-electron chi connectivity index (χ0n) is 25.3. The molecule has 3 aliphatic rings. The van der Waals surface area contributed by atoms with Crippen LogP contribution in [0.25, 0.3) is 0 Å². The van der Waals surface area contributed by atoms with E-state index in [0.717, 1.165) is 0 Å². The van der Waals surface area contributed by atoms with Gasteiger partial charge in [0.25, 0.3) is 5.91 Å². The van der Waals surface area contributed by atoms with Crippen molar-refractivity contribution in [1.29, 1.82) is 0 Å². The maximum absolute atomic E-state index is 14.7. The summed E-state index contributed by atoms with van der Waals surface area (Å²) in [5, 5.41) is 9.88. The summed E-state index contributed by atoms with van der Waals surface area (Å²) in [6.45, 7) is 10.7. The predicted octanol–water partition coefficient (Wildman–Crippen LogP) is 5.00. The van der Waals surface area contributed by atoms with Crippen LogP contribution in [0.2, 0.25) is 5.02 Å². The zero-order valence-corrected chi connectivity index (χ0v) is 27.7. The molecule has 2 aromatic carbocycles. The molecule has 6 atom stereocenters. The lowest BCUT2D eigenvalue weighted by molar-refractivity contribution is -0.140. The van der Waals surface area contributed by atoms with Gasteiger partial charge in [0, 0.05) is 36.8 Å². The Morgan fingerprint density at radius 3 is 2.44 bits per heavy atom. The van der Waals surface area contributed by atoms with Crippen LogP contribution in [-0.4, -0.2) is 83.2 Å². The number of amides is 3. The standard InChI is InChI=1S/C34H39BrClN3O6/c1-4-17-37(22-13-15-23(16-14-22)44-6-3)31(41)27-28-32(42)39(19-9-10-20-40)30(34(28)21-24(35)29(27)45-34)33(43)38(18-5-2)26-12-8-7-11-25(26)36/h4-5,7-8,11-16,24,27-30,40H,1-2,6,9-10,17-21H2,3H3/t24?,27-,28+,29-,30?,34?/m1/s1. The topological polar surface area (TPSA) is 99.6 Å². The van der Waals surface area contributed by atoms with E-state index < -0.39 is 29.6 Å². The summed E-state index contributed by atoms with van der Waals surface area (Å²) in [7, 11) is 0. The molecular formula is C34H39BrClN3O6. The van der Waals surface area contributed by atoms with Crippen LogP contribution in [0.15, 0.2) is 73.8 Å². The molecule has 0 aliphatic carbocycles. The van der Waals surface area contributed by atoms with Gasteiger partial charge in [-0.25, -0.2) is 0 Å². The fourth-order valence-corrected chi connectivity index (χ4v) is 8.28. The van der Waals surface area contributed by atoms with E-state index in [1.807, 2.05) is 19.1 Å². The quantitative estimate of drug-likeness (QED) is 0.169. The average Bonchev–Trinajstić information content (AvgIpc) is 3.62. The molecule has 0 aromatic heterocycles. The minimum Gasteiger partial charge on any atom is -0.494 e. The van der Waals surface area contributed by atoms with E-state index in [-0.39, 0.29) is 48.8 Å². The Hall–Kier alpha value is -3.18. The third kappa shape index (κ3) is 5.93. The van der Waals surface area contributed by atoms with E-state index >= 15 is 0 Å². The largest absolute Gasteiger partial charge is 0.494 e. The van der Waals surface area contributed by atoms with Crippen LogP contribution in [0.5, 0.6) is 5.75 Å². The number of nitrogens with zero attached hydrogens (tertiary/aromatic N) is 3. The van der Waals surface area contributed by atoms with Crippen molar-refractivity contribution in [1.82, 2.24) is 4.90 Å². The van der Waals surface area contributed by atoms with Crippen molar-refractivity contribution in [2.45, 2.75) is 48.8 Å². The van der Waals surface area contributed by atoms with Gasteiger partial charge >= 0.3 is 0 Å². The van der Waals surface area contributed by atoms with Crippen LogP contribution in [0.4, 0.5) is 11.4 Å². The first-order chi connectivity index (χ1) is 21.7. The van der Waals surface area contributed by atoms with E-state index in [9.17, 15) is 19.5 Å². The molecule has 0 radical (unpaired) electrons. The molecule has 3 saturated heterocycles. The van der Waals surface area contributed by atoms with Crippen LogP contribution < -0.4 is 14.5 Å². The van der Waals surface area contributed by atoms with Crippen molar-refractivity contribution in [2.24, 2.45) is 11.8 Å². The normalized spacial score (nSPS) is 26.4. The van der Waals surface area contributed by atoms with Crippen molar-refractivity contribution in [2.75, 3.05) is 42.6 Å². The number of carbonyl (C=O) groups is 3. The first kappa shape index (κ1) is 33.2. The zero-order chi connectivity index (χ0) is 32.3. The second-order valence-electron chi connectivity index (χ2n) is 11.5. The van der Waals surface area contributed by atoms with Crippen molar-refractivity contribution in [3.05, 3.63) is 78.9 Å². The third-order valence-electron chi connectivity index (χ3n) is 8.87. The van der Waals surface area contributed by atoms with Crippen LogP contribution in [0.1, 0.15) is 26.2 Å². The molecular weight excluding hydrogens is 662 g/mol. The number of alkyl halides is 1. The van der Waals surface area contributed by atoms with Gasteiger partial charge in [0.15, 0.2) is 0 Å². The Labute approximate surface area is 277 Å². The number of rotatable bonds is 14. The van der Waals surface area contributed by atoms with E-state index in [2.05, 4.69) is 29.1 Å². The average molecular weight is 701 g/mol. The molecule has 3 unspecified atom stereocenters. The van der Waals surface area contributed by atoms with E-state index in [1.54, 1.807) is 58.4 Å². The number of unbranched alkanes of at least 4 members (excludes halogenated alkanes) is 1. The highest BCUT2D eigenvalue weighted by Crippen LogP contribution is 2.60. The Morgan fingerprint density at radius 2 is 1.80 bits per heavy atom. The highest BCUT2D eigenvalue weighted by molar-refractivity contribution is 9.09. The maximum Gasteiger partial charge on any atom is 0.253 e. The van der Waals surface area contributed by atoms with Crippen molar-refractivity contribution in [3.63, 3.8) is 0 Å². The number of fused-ring (bicyclic) bond motifs is 1. The lowest BCUT2D eigenvalue weighted by Gasteiger charge is -2.37. The number of benzene rings is 2. The third-order valence-corrected chi connectivity index (χ3v) is 10.0. The summed E-state index contributed by atoms with van der Waals surface area (Å²) in [5.74, 6) is -1.96. The number of ether oxygens (including phenoxy) is 2. The molecule has 9 nitrogen and oxygen atoms in total. The summed E-state index contributed by atoms with van der Waals surface area (Å²) in [5.41, 5.74) is -0.110. The number of carbonyl (C=O) groups excluding carboxylic acids is 3. The fourth-order valence-electron chi connectivity index (χ4n) is 7.10. The van der Waals surface area contributed by atoms with E-state index in [1.165, 1.54) is 4.90 Å². The Bertz CT molecular complexity index is 1440. The number of anilines is 2. The molecule has 11 heteroatoms. The lowest BCUT2D eigenvalue weighted by atomic mass is 9.70. The van der Waals surface area contributed by atoms with Crippen molar-refractivity contribution in [3.8, 4) is 5.75 Å². The monoisotopic (exact) mass is 699 g/mol. The number of aliphatic hydroxyl groups excluding tert-OH is 1. The molecule has 2 bridgehead atoms. The van der Waals surface area contributed by atoms with Gasteiger partial charge < -0.3 is 29.3 Å². The summed E-state index contributed by atoms with van der Waals surface area (Å²) < 4.78 is 12.3. The molecule has 3 aliphatic heterocycles. The number of hydrogen-bond donors (Lipinski definition) is 1. The Balaban J connectivity index is 1.56.